The van der Waals surface area contributed by atoms with Gasteiger partial charge in [0.2, 0.25) is 0 Å². The maximum atomic E-state index is 14.2. The van der Waals surface area contributed by atoms with Crippen LogP contribution in [0.1, 0.15) is 44.2 Å². The number of aliphatic hydroxyl groups excluding tert-OH is 1. The first-order valence-electron chi connectivity index (χ1n) is 7.52. The fourth-order valence-corrected chi connectivity index (χ4v) is 2.79. The van der Waals surface area contributed by atoms with Crippen molar-refractivity contribution in [1.82, 2.24) is 5.32 Å². The van der Waals surface area contributed by atoms with Gasteiger partial charge < -0.3 is 15.3 Å². The van der Waals surface area contributed by atoms with E-state index in [4.69, 9.17) is 5.11 Å². The van der Waals surface area contributed by atoms with Crippen LogP contribution in [0.4, 0.5) is 10.1 Å². The number of aliphatic hydroxyl groups is 1. The number of halogens is 1. The summed E-state index contributed by atoms with van der Waals surface area (Å²) >= 11 is 0. The Morgan fingerprint density at radius 2 is 2.20 bits per heavy atom. The highest BCUT2D eigenvalue weighted by molar-refractivity contribution is 5.56. The molecule has 0 radical (unpaired) electrons. The number of nitrogens with one attached hydrogen (secondary N) is 1. The van der Waals surface area contributed by atoms with Crippen molar-refractivity contribution >= 4 is 5.69 Å². The topological polar surface area (TPSA) is 35.5 Å². The second-order valence-corrected chi connectivity index (χ2v) is 5.54. The van der Waals surface area contributed by atoms with Gasteiger partial charge in [-0.2, -0.15) is 0 Å². The summed E-state index contributed by atoms with van der Waals surface area (Å²) < 4.78 is 14.2. The first-order chi connectivity index (χ1) is 9.69. The summed E-state index contributed by atoms with van der Waals surface area (Å²) in [6.45, 7) is 2.94. The zero-order valence-electron chi connectivity index (χ0n) is 12.4. The molecule has 1 aliphatic carbocycles. The molecule has 1 atom stereocenters. The highest BCUT2D eigenvalue weighted by Gasteiger charge is 2.28. The molecule has 0 aliphatic heterocycles. The molecule has 2 N–H and O–H groups in total. The van der Waals surface area contributed by atoms with Crippen molar-refractivity contribution in [1.29, 1.82) is 0 Å². The van der Waals surface area contributed by atoms with Crippen LogP contribution in [0.3, 0.4) is 0 Å². The standard InChI is InChI=1S/C16H25FN2O/c1-12(18-2)16-14(17)8-4-9-15(16)19(10-5-11-20)13-6-3-7-13/h4,8-9,12-13,18,20H,3,5-7,10-11H2,1-2H3. The number of hydrogen-bond donors (Lipinski definition) is 2. The molecule has 0 heterocycles. The van der Waals surface area contributed by atoms with E-state index in [0.717, 1.165) is 37.1 Å². The minimum atomic E-state index is -0.155. The molecule has 0 aromatic heterocycles. The molecule has 1 unspecified atom stereocenters. The largest absolute Gasteiger partial charge is 0.396 e. The molecule has 112 valence electrons. The molecule has 0 amide bonds. The molecule has 2 rings (SSSR count). The maximum absolute atomic E-state index is 14.2. The lowest BCUT2D eigenvalue weighted by atomic mass is 9.90. The van der Waals surface area contributed by atoms with E-state index in [1.54, 1.807) is 6.07 Å². The first kappa shape index (κ1) is 15.3. The van der Waals surface area contributed by atoms with Gasteiger partial charge in [0.05, 0.1) is 0 Å². The Labute approximate surface area is 120 Å². The molecule has 3 nitrogen and oxygen atoms in total. The van der Waals surface area contributed by atoms with Crippen molar-refractivity contribution in [2.75, 3.05) is 25.1 Å². The highest BCUT2D eigenvalue weighted by atomic mass is 19.1. The highest BCUT2D eigenvalue weighted by Crippen LogP contribution is 2.35. The summed E-state index contributed by atoms with van der Waals surface area (Å²) in [7, 11) is 1.85. The molecule has 1 aromatic carbocycles. The zero-order chi connectivity index (χ0) is 14.5. The van der Waals surface area contributed by atoms with E-state index in [1.165, 1.54) is 12.5 Å². The van der Waals surface area contributed by atoms with Gasteiger partial charge in [0.15, 0.2) is 0 Å². The van der Waals surface area contributed by atoms with Gasteiger partial charge in [-0.1, -0.05) is 6.07 Å². The SMILES string of the molecule is CNC(C)c1c(F)cccc1N(CCCO)C1CCC1. The zero-order valence-corrected chi connectivity index (χ0v) is 12.4. The van der Waals surface area contributed by atoms with Crippen LogP contribution in [0.15, 0.2) is 18.2 Å². The minimum Gasteiger partial charge on any atom is -0.396 e. The van der Waals surface area contributed by atoms with Crippen LogP contribution in [-0.4, -0.2) is 31.3 Å². The van der Waals surface area contributed by atoms with E-state index in [-0.39, 0.29) is 18.5 Å². The molecule has 4 heteroatoms. The van der Waals surface area contributed by atoms with Gasteiger partial charge in [-0.25, -0.2) is 4.39 Å². The Kier molecular flexibility index (Phi) is 5.38. The van der Waals surface area contributed by atoms with E-state index < -0.39 is 0 Å². The van der Waals surface area contributed by atoms with Gasteiger partial charge in [0.25, 0.3) is 0 Å². The summed E-state index contributed by atoms with van der Waals surface area (Å²) in [6.07, 6.45) is 4.29. The molecule has 1 fully saturated rings. The van der Waals surface area contributed by atoms with Gasteiger partial charge in [-0.05, 0) is 51.8 Å². The summed E-state index contributed by atoms with van der Waals surface area (Å²) in [5.74, 6) is -0.155. The molecular weight excluding hydrogens is 255 g/mol. The van der Waals surface area contributed by atoms with E-state index in [9.17, 15) is 4.39 Å². The average Bonchev–Trinajstić information content (AvgIpc) is 2.40. The average molecular weight is 280 g/mol. The van der Waals surface area contributed by atoms with Gasteiger partial charge in [-0.15, -0.1) is 0 Å². The lowest BCUT2D eigenvalue weighted by Gasteiger charge is -2.41. The maximum Gasteiger partial charge on any atom is 0.130 e. The molecular formula is C16H25FN2O. The lowest BCUT2D eigenvalue weighted by molar-refractivity contribution is 0.282. The van der Waals surface area contributed by atoms with Crippen LogP contribution in [-0.2, 0) is 0 Å². The predicted octanol–water partition coefficient (Wildman–Crippen LogP) is 2.85. The van der Waals surface area contributed by atoms with Crippen molar-refractivity contribution in [2.45, 2.75) is 44.7 Å². The van der Waals surface area contributed by atoms with Crippen LogP contribution >= 0.6 is 0 Å². The minimum absolute atomic E-state index is 0.0251. The van der Waals surface area contributed by atoms with Crippen LogP contribution in [0.25, 0.3) is 0 Å². The van der Waals surface area contributed by atoms with E-state index in [1.807, 2.05) is 20.0 Å². The molecule has 0 saturated heterocycles. The first-order valence-corrected chi connectivity index (χ1v) is 7.52. The number of rotatable bonds is 7. The van der Waals surface area contributed by atoms with Crippen LogP contribution in [0.5, 0.6) is 0 Å². The van der Waals surface area contributed by atoms with Crippen molar-refractivity contribution in [3.63, 3.8) is 0 Å². The van der Waals surface area contributed by atoms with Crippen molar-refractivity contribution in [3.05, 3.63) is 29.6 Å². The Hall–Kier alpha value is -1.13. The fraction of sp³-hybridized carbons (Fsp3) is 0.625. The van der Waals surface area contributed by atoms with Crippen molar-refractivity contribution in [2.24, 2.45) is 0 Å². The lowest BCUT2D eigenvalue weighted by Crippen LogP contribution is -2.42. The fourth-order valence-electron chi connectivity index (χ4n) is 2.79. The van der Waals surface area contributed by atoms with Gasteiger partial charge in [0, 0.05) is 36.5 Å². The summed E-state index contributed by atoms with van der Waals surface area (Å²) in [5.41, 5.74) is 1.71. The Morgan fingerprint density at radius 3 is 2.75 bits per heavy atom. The van der Waals surface area contributed by atoms with Crippen molar-refractivity contribution < 1.29 is 9.50 Å². The Balaban J connectivity index is 2.33. The third kappa shape index (κ3) is 3.13. The van der Waals surface area contributed by atoms with E-state index in [0.29, 0.717) is 6.04 Å². The number of anilines is 1. The monoisotopic (exact) mass is 280 g/mol. The van der Waals surface area contributed by atoms with Crippen LogP contribution in [0, 0.1) is 5.82 Å². The van der Waals surface area contributed by atoms with E-state index in [2.05, 4.69) is 10.2 Å². The second kappa shape index (κ2) is 7.04. The Bertz CT molecular complexity index is 434. The molecule has 0 spiro atoms. The molecule has 1 saturated carbocycles. The van der Waals surface area contributed by atoms with Gasteiger partial charge in [-0.3, -0.25) is 0 Å². The predicted molar refractivity (Wildman–Crippen MR) is 80.6 cm³/mol. The van der Waals surface area contributed by atoms with Gasteiger partial charge in [0.1, 0.15) is 5.82 Å². The summed E-state index contributed by atoms with van der Waals surface area (Å²) in [6, 6.07) is 5.77. The summed E-state index contributed by atoms with van der Waals surface area (Å²) in [5, 5.41) is 12.2. The van der Waals surface area contributed by atoms with Crippen molar-refractivity contribution in [3.8, 4) is 0 Å². The number of benzene rings is 1. The quantitative estimate of drug-likeness (QED) is 0.806. The van der Waals surface area contributed by atoms with Gasteiger partial charge >= 0.3 is 0 Å². The molecule has 1 aromatic rings. The molecule has 20 heavy (non-hydrogen) atoms. The molecule has 1 aliphatic rings. The Morgan fingerprint density at radius 1 is 1.45 bits per heavy atom. The third-order valence-electron chi connectivity index (χ3n) is 4.28. The third-order valence-corrected chi connectivity index (χ3v) is 4.28. The summed E-state index contributed by atoms with van der Waals surface area (Å²) in [4.78, 5) is 2.28. The normalized spacial score (nSPS) is 16.8. The molecule has 0 bridgehead atoms. The van der Waals surface area contributed by atoms with Crippen LogP contribution in [0.2, 0.25) is 0 Å². The van der Waals surface area contributed by atoms with E-state index >= 15 is 0 Å². The second-order valence-electron chi connectivity index (χ2n) is 5.54. The number of nitrogens with zero attached hydrogens (tertiary/aromatic N) is 1. The number of hydrogen-bond acceptors (Lipinski definition) is 3. The van der Waals surface area contributed by atoms with Crippen LogP contribution < -0.4 is 10.2 Å². The smallest absolute Gasteiger partial charge is 0.130 e.